The molecule has 2 saturated heterocycles. The molecule has 2 aliphatic rings. The highest BCUT2D eigenvalue weighted by Gasteiger charge is 2.34. The summed E-state index contributed by atoms with van der Waals surface area (Å²) < 4.78 is 58.3. The molecule has 1 aromatic carbocycles. The van der Waals surface area contributed by atoms with Crippen molar-refractivity contribution in [2.45, 2.75) is 25.1 Å². The van der Waals surface area contributed by atoms with Crippen molar-refractivity contribution < 1.29 is 31.9 Å². The lowest BCUT2D eigenvalue weighted by molar-refractivity contribution is -0.132. The van der Waals surface area contributed by atoms with Crippen LogP contribution in [0.1, 0.15) is 6.42 Å². The lowest BCUT2D eigenvalue weighted by Crippen LogP contribution is -2.38. The predicted octanol–water partition coefficient (Wildman–Crippen LogP) is 2.88. The third-order valence-corrected chi connectivity index (χ3v) is 4.84. The molecule has 0 radical (unpaired) electrons. The van der Waals surface area contributed by atoms with Gasteiger partial charge in [0.05, 0.1) is 37.6 Å². The number of hydrogen-bond acceptors (Lipinski definition) is 4. The molecule has 1 unspecified atom stereocenters. The molecule has 0 aromatic heterocycles. The van der Waals surface area contributed by atoms with Crippen LogP contribution in [0.4, 0.5) is 33.7 Å². The summed E-state index contributed by atoms with van der Waals surface area (Å²) in [6.45, 7) is 6.70. The van der Waals surface area contributed by atoms with Gasteiger partial charge in [-0.1, -0.05) is 0 Å². The fourth-order valence-corrected chi connectivity index (χ4v) is 3.32. The first-order chi connectivity index (χ1) is 14.3. The van der Waals surface area contributed by atoms with Crippen LogP contribution in [0.5, 0.6) is 0 Å². The molecule has 0 aliphatic carbocycles. The second kappa shape index (κ2) is 9.02. The fraction of sp³-hybridized carbons (Fsp3) is 0.421. The van der Waals surface area contributed by atoms with Crippen LogP contribution in [0, 0.1) is 12.4 Å². The van der Waals surface area contributed by atoms with Gasteiger partial charge in [0.1, 0.15) is 18.1 Å². The Morgan fingerprint density at radius 2 is 2.17 bits per heavy atom. The Morgan fingerprint density at radius 3 is 2.80 bits per heavy atom. The molecule has 2 atom stereocenters. The zero-order valence-corrected chi connectivity index (χ0v) is 15.7. The zero-order valence-electron chi connectivity index (χ0n) is 15.7. The van der Waals surface area contributed by atoms with E-state index in [0.29, 0.717) is 18.5 Å². The molecule has 2 fully saturated rings. The van der Waals surface area contributed by atoms with Crippen LogP contribution < -0.4 is 15.1 Å². The van der Waals surface area contributed by atoms with Crippen LogP contribution in [0.15, 0.2) is 30.0 Å². The van der Waals surface area contributed by atoms with Crippen molar-refractivity contribution in [3.63, 3.8) is 0 Å². The number of nitrogens with one attached hydrogen (secondary N) is 1. The fourth-order valence-electron chi connectivity index (χ4n) is 3.32. The van der Waals surface area contributed by atoms with Gasteiger partial charge in [-0.2, -0.15) is 8.78 Å². The Balaban J connectivity index is 1.65. The minimum absolute atomic E-state index is 0.0534. The van der Waals surface area contributed by atoms with Gasteiger partial charge >= 0.3 is 12.5 Å². The molecule has 1 N–H and O–H groups in total. The SMILES string of the molecule is [C-]#[N+]/C=C1\CCN(c2ccc(N3C[C@H](CNC(=O)C(F)F)OC3=O)cc2F)CC1F. The molecule has 1 aromatic rings. The maximum absolute atomic E-state index is 14.7. The van der Waals surface area contributed by atoms with Crippen molar-refractivity contribution >= 4 is 23.4 Å². The standard InChI is InChI=1S/C19H18F4N4O3/c1-24-7-11-4-5-26(10-15(11)21)16-3-2-12(6-14(16)20)27-9-13(30-19(27)29)8-25-18(28)17(22)23/h2-3,6-7,13,15,17H,4-5,8-10H2,(H,25,28)/b11-7+/t13-,15?/m0/s1. The van der Waals surface area contributed by atoms with Crippen LogP contribution in [-0.4, -0.2) is 56.9 Å². The number of amides is 2. The average Bonchev–Trinajstić information content (AvgIpc) is 3.08. The van der Waals surface area contributed by atoms with E-state index in [1.165, 1.54) is 17.0 Å². The average molecular weight is 426 g/mol. The van der Waals surface area contributed by atoms with Crippen LogP contribution in [0.25, 0.3) is 4.85 Å². The molecule has 0 saturated carbocycles. The molecule has 30 heavy (non-hydrogen) atoms. The predicted molar refractivity (Wildman–Crippen MR) is 99.4 cm³/mol. The molecule has 0 spiro atoms. The zero-order chi connectivity index (χ0) is 21.8. The van der Waals surface area contributed by atoms with E-state index in [4.69, 9.17) is 11.3 Å². The Morgan fingerprint density at radius 1 is 1.40 bits per heavy atom. The topological polar surface area (TPSA) is 66.2 Å². The molecule has 0 bridgehead atoms. The summed E-state index contributed by atoms with van der Waals surface area (Å²) in [5, 5.41) is 1.96. The molecule has 2 heterocycles. The van der Waals surface area contributed by atoms with E-state index in [-0.39, 0.29) is 31.0 Å². The molecule has 3 rings (SSSR count). The smallest absolute Gasteiger partial charge is 0.414 e. The maximum atomic E-state index is 14.7. The Hall–Kier alpha value is -3.29. The van der Waals surface area contributed by atoms with Gasteiger partial charge in [-0.25, -0.2) is 18.4 Å². The Labute approximate surface area is 169 Å². The quantitative estimate of drug-likeness (QED) is 0.581. The summed E-state index contributed by atoms with van der Waals surface area (Å²) in [5.74, 6) is -2.14. The number of benzene rings is 1. The van der Waals surface area contributed by atoms with E-state index in [2.05, 4.69) is 4.85 Å². The van der Waals surface area contributed by atoms with Crippen molar-refractivity contribution in [2.75, 3.05) is 36.0 Å². The number of carbonyl (C=O) groups is 2. The first-order valence-corrected chi connectivity index (χ1v) is 9.08. The number of nitrogens with zero attached hydrogens (tertiary/aromatic N) is 3. The number of alkyl halides is 3. The van der Waals surface area contributed by atoms with Gasteiger partial charge in [0.2, 0.25) is 0 Å². The highest BCUT2D eigenvalue weighted by atomic mass is 19.3. The van der Waals surface area contributed by atoms with E-state index in [1.54, 1.807) is 0 Å². The summed E-state index contributed by atoms with van der Waals surface area (Å²) in [7, 11) is 0. The number of halogens is 4. The minimum atomic E-state index is -3.17. The van der Waals surface area contributed by atoms with Gasteiger partial charge in [-0.05, 0) is 30.2 Å². The lowest BCUT2D eigenvalue weighted by Gasteiger charge is -2.33. The third kappa shape index (κ3) is 4.64. The van der Waals surface area contributed by atoms with Crippen LogP contribution in [-0.2, 0) is 9.53 Å². The second-order valence-electron chi connectivity index (χ2n) is 6.79. The van der Waals surface area contributed by atoms with E-state index in [0.717, 1.165) is 17.2 Å². The third-order valence-electron chi connectivity index (χ3n) is 4.84. The lowest BCUT2D eigenvalue weighted by atomic mass is 10.0. The molecule has 160 valence electrons. The van der Waals surface area contributed by atoms with Crippen molar-refractivity contribution in [3.8, 4) is 0 Å². The summed E-state index contributed by atoms with van der Waals surface area (Å²) >= 11 is 0. The normalized spacial score (nSPS) is 22.9. The maximum Gasteiger partial charge on any atom is 0.414 e. The van der Waals surface area contributed by atoms with Crippen LogP contribution >= 0.6 is 0 Å². The van der Waals surface area contributed by atoms with Gasteiger partial charge in [0.25, 0.3) is 5.91 Å². The Kier molecular flexibility index (Phi) is 6.44. The molecule has 7 nitrogen and oxygen atoms in total. The van der Waals surface area contributed by atoms with E-state index in [9.17, 15) is 27.2 Å². The number of hydrogen-bond donors (Lipinski definition) is 1. The summed E-state index contributed by atoms with van der Waals surface area (Å²) in [6, 6.07) is 3.99. The van der Waals surface area contributed by atoms with Crippen molar-refractivity contribution in [1.29, 1.82) is 0 Å². The molecule has 2 amide bonds. The number of carbonyl (C=O) groups excluding carboxylic acids is 2. The molecule has 2 aliphatic heterocycles. The summed E-state index contributed by atoms with van der Waals surface area (Å²) in [5.41, 5.74) is 0.728. The van der Waals surface area contributed by atoms with E-state index < -0.39 is 36.5 Å². The van der Waals surface area contributed by atoms with Gasteiger partial charge < -0.3 is 15.0 Å². The number of rotatable bonds is 5. The van der Waals surface area contributed by atoms with E-state index >= 15 is 0 Å². The highest BCUT2D eigenvalue weighted by Crippen LogP contribution is 2.31. The van der Waals surface area contributed by atoms with Crippen molar-refractivity contribution in [3.05, 3.63) is 47.2 Å². The van der Waals surface area contributed by atoms with Crippen molar-refractivity contribution in [1.82, 2.24) is 5.32 Å². The number of piperidine rings is 1. The summed E-state index contributed by atoms with van der Waals surface area (Å²) in [4.78, 5) is 28.7. The number of ether oxygens (including phenoxy) is 1. The van der Waals surface area contributed by atoms with Gasteiger partial charge in [0.15, 0.2) is 6.20 Å². The number of anilines is 2. The van der Waals surface area contributed by atoms with Crippen molar-refractivity contribution in [2.24, 2.45) is 0 Å². The van der Waals surface area contributed by atoms with Gasteiger partial charge in [-0.3, -0.25) is 9.69 Å². The molecular formula is C19H18F4N4O3. The monoisotopic (exact) mass is 426 g/mol. The number of cyclic esters (lactones) is 1. The van der Waals surface area contributed by atoms with Crippen LogP contribution in [0.2, 0.25) is 0 Å². The molecule has 11 heteroatoms. The van der Waals surface area contributed by atoms with Gasteiger partial charge in [-0.15, -0.1) is 0 Å². The minimum Gasteiger partial charge on any atom is -0.442 e. The first kappa shape index (κ1) is 21.4. The van der Waals surface area contributed by atoms with Crippen LogP contribution in [0.3, 0.4) is 0 Å². The first-order valence-electron chi connectivity index (χ1n) is 9.08. The highest BCUT2D eigenvalue weighted by molar-refractivity contribution is 5.90. The summed E-state index contributed by atoms with van der Waals surface area (Å²) in [6.07, 6.45) is -4.74. The largest absolute Gasteiger partial charge is 0.442 e. The molecular weight excluding hydrogens is 408 g/mol. The van der Waals surface area contributed by atoms with Gasteiger partial charge in [0, 0.05) is 6.54 Å². The van der Waals surface area contributed by atoms with E-state index in [1.807, 2.05) is 5.32 Å². The second-order valence-corrected chi connectivity index (χ2v) is 6.79. The Bertz CT molecular complexity index is 902.